The maximum absolute atomic E-state index is 12.5. The van der Waals surface area contributed by atoms with Crippen LogP contribution in [0.1, 0.15) is 42.5 Å². The fourth-order valence-electron chi connectivity index (χ4n) is 2.77. The number of aliphatic hydroxyl groups is 1. The summed E-state index contributed by atoms with van der Waals surface area (Å²) in [4.78, 5) is 14.1. The summed E-state index contributed by atoms with van der Waals surface area (Å²) in [6.07, 6.45) is 6.07. The number of amides is 1. The second-order valence-electron chi connectivity index (χ2n) is 5.77. The number of aliphatic hydroxyl groups excluding tert-OH is 1. The molecule has 0 aliphatic heterocycles. The van der Waals surface area contributed by atoms with Gasteiger partial charge < -0.3 is 10.0 Å². The Morgan fingerprint density at radius 2 is 1.62 bits per heavy atom. The molecular formula is C21H23NO2. The first-order valence-corrected chi connectivity index (χ1v) is 8.12. The molecule has 0 saturated carbocycles. The SMILES string of the molecule is C#CCCCC(=O)N(C)[C@@H](c1ccccc1)[C@@H](O)c1ccccc1. The van der Waals surface area contributed by atoms with Gasteiger partial charge in [0.15, 0.2) is 0 Å². The van der Waals surface area contributed by atoms with E-state index in [0.717, 1.165) is 11.1 Å². The second-order valence-corrected chi connectivity index (χ2v) is 5.77. The van der Waals surface area contributed by atoms with E-state index in [1.165, 1.54) is 0 Å². The molecule has 124 valence electrons. The Kier molecular flexibility index (Phi) is 6.60. The van der Waals surface area contributed by atoms with Gasteiger partial charge in [-0.2, -0.15) is 0 Å². The summed E-state index contributed by atoms with van der Waals surface area (Å²) in [5, 5.41) is 10.9. The van der Waals surface area contributed by atoms with Crippen molar-refractivity contribution < 1.29 is 9.90 Å². The summed E-state index contributed by atoms with van der Waals surface area (Å²) in [5.74, 6) is 2.53. The van der Waals surface area contributed by atoms with Gasteiger partial charge in [0, 0.05) is 19.9 Å². The normalized spacial score (nSPS) is 12.9. The summed E-state index contributed by atoms with van der Waals surface area (Å²) in [5.41, 5.74) is 1.69. The third kappa shape index (κ3) is 4.47. The molecule has 0 aliphatic carbocycles. The van der Waals surface area contributed by atoms with Crippen LogP contribution in [0.4, 0.5) is 0 Å². The van der Waals surface area contributed by atoms with Crippen molar-refractivity contribution in [1.82, 2.24) is 4.90 Å². The zero-order chi connectivity index (χ0) is 17.4. The largest absolute Gasteiger partial charge is 0.386 e. The van der Waals surface area contributed by atoms with Gasteiger partial charge in [0.25, 0.3) is 0 Å². The van der Waals surface area contributed by atoms with Crippen molar-refractivity contribution in [2.45, 2.75) is 31.4 Å². The molecule has 2 atom stereocenters. The van der Waals surface area contributed by atoms with Gasteiger partial charge in [-0.1, -0.05) is 60.7 Å². The molecule has 3 heteroatoms. The average Bonchev–Trinajstić information content (AvgIpc) is 2.63. The third-order valence-corrected chi connectivity index (χ3v) is 4.10. The maximum Gasteiger partial charge on any atom is 0.222 e. The van der Waals surface area contributed by atoms with Gasteiger partial charge in [-0.15, -0.1) is 12.3 Å². The number of carbonyl (C=O) groups excluding carboxylic acids is 1. The predicted molar refractivity (Wildman–Crippen MR) is 96.0 cm³/mol. The molecule has 0 aromatic heterocycles. The molecule has 0 spiro atoms. The van der Waals surface area contributed by atoms with Gasteiger partial charge in [0.05, 0.1) is 6.04 Å². The highest BCUT2D eigenvalue weighted by molar-refractivity contribution is 5.76. The summed E-state index contributed by atoms with van der Waals surface area (Å²) >= 11 is 0. The number of carbonyl (C=O) groups is 1. The minimum absolute atomic E-state index is 0.0194. The van der Waals surface area contributed by atoms with E-state index in [2.05, 4.69) is 5.92 Å². The Morgan fingerprint density at radius 1 is 1.08 bits per heavy atom. The lowest BCUT2D eigenvalue weighted by Gasteiger charge is -2.33. The van der Waals surface area contributed by atoms with Crippen LogP contribution < -0.4 is 0 Å². The fourth-order valence-corrected chi connectivity index (χ4v) is 2.77. The molecule has 0 heterocycles. The molecule has 3 nitrogen and oxygen atoms in total. The Morgan fingerprint density at radius 3 is 2.17 bits per heavy atom. The Balaban J connectivity index is 2.26. The van der Waals surface area contributed by atoms with Gasteiger partial charge in [0.1, 0.15) is 6.10 Å². The topological polar surface area (TPSA) is 40.5 Å². The van der Waals surface area contributed by atoms with Crippen LogP contribution in [0.25, 0.3) is 0 Å². The van der Waals surface area contributed by atoms with Crippen molar-refractivity contribution in [3.63, 3.8) is 0 Å². The summed E-state index contributed by atoms with van der Waals surface area (Å²) in [6.45, 7) is 0. The van der Waals surface area contributed by atoms with Gasteiger partial charge >= 0.3 is 0 Å². The minimum Gasteiger partial charge on any atom is -0.386 e. The number of terminal acetylenes is 1. The molecule has 24 heavy (non-hydrogen) atoms. The molecule has 0 unspecified atom stereocenters. The van der Waals surface area contributed by atoms with E-state index in [9.17, 15) is 9.90 Å². The molecular weight excluding hydrogens is 298 g/mol. The van der Waals surface area contributed by atoms with E-state index >= 15 is 0 Å². The van der Waals surface area contributed by atoms with Crippen molar-refractivity contribution >= 4 is 5.91 Å². The second kappa shape index (κ2) is 8.90. The smallest absolute Gasteiger partial charge is 0.222 e. The van der Waals surface area contributed by atoms with Crippen LogP contribution in [0.5, 0.6) is 0 Å². The molecule has 0 aliphatic rings. The molecule has 1 amide bonds. The van der Waals surface area contributed by atoms with Crippen LogP contribution in [0.3, 0.4) is 0 Å². The number of unbranched alkanes of at least 4 members (excludes halogenated alkanes) is 1. The van der Waals surface area contributed by atoms with Crippen molar-refractivity contribution in [1.29, 1.82) is 0 Å². The number of hydrogen-bond acceptors (Lipinski definition) is 2. The molecule has 0 saturated heterocycles. The van der Waals surface area contributed by atoms with Crippen LogP contribution in [-0.2, 0) is 4.79 Å². The lowest BCUT2D eigenvalue weighted by Crippen LogP contribution is -2.34. The molecule has 1 N–H and O–H groups in total. The van der Waals surface area contributed by atoms with Crippen LogP contribution in [0, 0.1) is 12.3 Å². The quantitative estimate of drug-likeness (QED) is 0.623. The van der Waals surface area contributed by atoms with Crippen LogP contribution in [-0.4, -0.2) is 23.0 Å². The summed E-state index contributed by atoms with van der Waals surface area (Å²) in [6, 6.07) is 18.6. The lowest BCUT2D eigenvalue weighted by atomic mass is 9.94. The lowest BCUT2D eigenvalue weighted by molar-refractivity contribution is -0.134. The Bertz CT molecular complexity index is 676. The van der Waals surface area contributed by atoms with Crippen LogP contribution in [0.2, 0.25) is 0 Å². The first kappa shape index (κ1) is 17.8. The van der Waals surface area contributed by atoms with Crippen molar-refractivity contribution in [3.05, 3.63) is 71.8 Å². The van der Waals surface area contributed by atoms with Crippen molar-refractivity contribution in [2.75, 3.05) is 7.05 Å². The molecule has 2 rings (SSSR count). The number of rotatable bonds is 7. The van der Waals surface area contributed by atoms with E-state index < -0.39 is 12.1 Å². The molecule has 0 radical (unpaired) electrons. The number of likely N-dealkylation sites (N-methyl/N-ethyl adjacent to an activating group) is 1. The predicted octanol–water partition coefficient (Wildman–Crippen LogP) is 3.72. The Hall–Kier alpha value is -2.57. The van der Waals surface area contributed by atoms with E-state index in [-0.39, 0.29) is 5.91 Å². The molecule has 2 aromatic carbocycles. The summed E-state index contributed by atoms with van der Waals surface area (Å²) in [7, 11) is 1.74. The van der Waals surface area contributed by atoms with Crippen LogP contribution in [0.15, 0.2) is 60.7 Å². The molecule has 0 bridgehead atoms. The summed E-state index contributed by atoms with van der Waals surface area (Å²) < 4.78 is 0. The maximum atomic E-state index is 12.5. The van der Waals surface area contributed by atoms with Crippen molar-refractivity contribution in [3.8, 4) is 12.3 Å². The standard InChI is InChI=1S/C21H23NO2/c1-3-4-7-16-19(23)22(2)20(17-12-8-5-9-13-17)21(24)18-14-10-6-11-15-18/h1,5-6,8-15,20-21,24H,4,7,16H2,2H3/t20-,21-/m0/s1. The number of hydrogen-bond donors (Lipinski definition) is 1. The van der Waals surface area contributed by atoms with Gasteiger partial charge in [-0.3, -0.25) is 4.79 Å². The third-order valence-electron chi connectivity index (χ3n) is 4.10. The molecule has 2 aromatic rings. The highest BCUT2D eigenvalue weighted by Gasteiger charge is 2.29. The molecule has 0 fully saturated rings. The average molecular weight is 321 g/mol. The number of benzene rings is 2. The zero-order valence-electron chi connectivity index (χ0n) is 13.9. The first-order chi connectivity index (χ1) is 11.6. The van der Waals surface area contributed by atoms with E-state index in [1.807, 2.05) is 60.7 Å². The van der Waals surface area contributed by atoms with Crippen LogP contribution >= 0.6 is 0 Å². The van der Waals surface area contributed by atoms with Gasteiger partial charge in [0.2, 0.25) is 5.91 Å². The zero-order valence-corrected chi connectivity index (χ0v) is 13.9. The van der Waals surface area contributed by atoms with Gasteiger partial charge in [-0.05, 0) is 17.5 Å². The number of nitrogens with zero attached hydrogens (tertiary/aromatic N) is 1. The highest BCUT2D eigenvalue weighted by Crippen LogP contribution is 2.33. The Labute approximate surface area is 143 Å². The van der Waals surface area contributed by atoms with E-state index in [0.29, 0.717) is 19.3 Å². The first-order valence-electron chi connectivity index (χ1n) is 8.12. The van der Waals surface area contributed by atoms with E-state index in [4.69, 9.17) is 6.42 Å². The van der Waals surface area contributed by atoms with Gasteiger partial charge in [-0.25, -0.2) is 0 Å². The fraction of sp³-hybridized carbons (Fsp3) is 0.286. The van der Waals surface area contributed by atoms with Crippen molar-refractivity contribution in [2.24, 2.45) is 0 Å². The highest BCUT2D eigenvalue weighted by atomic mass is 16.3. The minimum atomic E-state index is -0.796. The monoisotopic (exact) mass is 321 g/mol. The van der Waals surface area contributed by atoms with E-state index in [1.54, 1.807) is 11.9 Å².